The van der Waals surface area contributed by atoms with Crippen molar-refractivity contribution >= 4 is 15.9 Å². The number of rotatable bonds is 5. The maximum Gasteiger partial charge on any atom is 0.137 e. The monoisotopic (exact) mass is 344 g/mol. The minimum atomic E-state index is -0.201. The van der Waals surface area contributed by atoms with Gasteiger partial charge in [0.05, 0.1) is 17.7 Å². The second-order valence-corrected chi connectivity index (χ2v) is 6.27. The molecule has 0 aromatic heterocycles. The van der Waals surface area contributed by atoms with Crippen molar-refractivity contribution in [2.45, 2.75) is 32.5 Å². The van der Waals surface area contributed by atoms with E-state index >= 15 is 0 Å². The maximum absolute atomic E-state index is 13.6. The molecule has 1 aromatic rings. The van der Waals surface area contributed by atoms with Gasteiger partial charge < -0.3 is 10.1 Å². The van der Waals surface area contributed by atoms with Gasteiger partial charge in [0.2, 0.25) is 0 Å². The number of nitrogens with one attached hydrogen (secondary N) is 1. The molecule has 0 saturated carbocycles. The van der Waals surface area contributed by atoms with E-state index in [0.717, 1.165) is 38.4 Å². The zero-order valence-corrected chi connectivity index (χ0v) is 13.6. The van der Waals surface area contributed by atoms with Crippen LogP contribution in [-0.2, 0) is 11.3 Å². The van der Waals surface area contributed by atoms with Crippen molar-refractivity contribution in [1.29, 1.82) is 0 Å². The Kier molecular flexibility index (Phi) is 5.96. The summed E-state index contributed by atoms with van der Waals surface area (Å²) in [5, 5.41) is 3.45. The molecule has 5 heteroatoms. The number of halogens is 2. The Bertz CT molecular complexity index is 442. The molecule has 3 nitrogen and oxygen atoms in total. The van der Waals surface area contributed by atoms with E-state index in [0.29, 0.717) is 16.6 Å². The van der Waals surface area contributed by atoms with Crippen molar-refractivity contribution in [2.24, 2.45) is 0 Å². The molecule has 20 heavy (non-hydrogen) atoms. The van der Waals surface area contributed by atoms with Crippen LogP contribution in [0.15, 0.2) is 22.7 Å². The van der Waals surface area contributed by atoms with Gasteiger partial charge in [0.1, 0.15) is 5.82 Å². The summed E-state index contributed by atoms with van der Waals surface area (Å²) in [4.78, 5) is 2.36. The summed E-state index contributed by atoms with van der Waals surface area (Å²) >= 11 is 3.34. The summed E-state index contributed by atoms with van der Waals surface area (Å²) in [6.07, 6.45) is 0. The number of hydrogen-bond acceptors (Lipinski definition) is 3. The average molecular weight is 345 g/mol. The van der Waals surface area contributed by atoms with Crippen LogP contribution in [0.3, 0.4) is 0 Å². The lowest BCUT2D eigenvalue weighted by Crippen LogP contribution is -2.50. The minimum absolute atomic E-state index is 0.201. The van der Waals surface area contributed by atoms with E-state index in [4.69, 9.17) is 4.74 Å². The summed E-state index contributed by atoms with van der Waals surface area (Å²) in [5.41, 5.74) is 0.987. The van der Waals surface area contributed by atoms with Crippen LogP contribution in [-0.4, -0.2) is 43.3 Å². The van der Waals surface area contributed by atoms with Gasteiger partial charge in [0.25, 0.3) is 0 Å². The highest BCUT2D eigenvalue weighted by Gasteiger charge is 2.23. The highest BCUT2D eigenvalue weighted by atomic mass is 79.9. The van der Waals surface area contributed by atoms with E-state index < -0.39 is 0 Å². The topological polar surface area (TPSA) is 24.5 Å². The molecule has 0 amide bonds. The number of ether oxygens (including phenoxy) is 1. The van der Waals surface area contributed by atoms with Crippen molar-refractivity contribution < 1.29 is 9.13 Å². The van der Waals surface area contributed by atoms with Gasteiger partial charge in [-0.05, 0) is 27.6 Å². The average Bonchev–Trinajstić information content (AvgIpc) is 2.43. The predicted molar refractivity (Wildman–Crippen MR) is 82.3 cm³/mol. The first-order chi connectivity index (χ1) is 9.58. The first-order valence-electron chi connectivity index (χ1n) is 7.06. The molecule has 1 N–H and O–H groups in total. The largest absolute Gasteiger partial charge is 0.378 e. The Balaban J connectivity index is 2.02. The second-order valence-electron chi connectivity index (χ2n) is 5.48. The van der Waals surface area contributed by atoms with Gasteiger partial charge in [-0.2, -0.15) is 0 Å². The van der Waals surface area contributed by atoms with Crippen molar-refractivity contribution in [1.82, 2.24) is 10.2 Å². The summed E-state index contributed by atoms with van der Waals surface area (Å²) in [5.74, 6) is -0.201. The van der Waals surface area contributed by atoms with Crippen LogP contribution in [0.5, 0.6) is 0 Å². The normalized spacial score (nSPS) is 20.6. The van der Waals surface area contributed by atoms with Crippen LogP contribution < -0.4 is 5.32 Å². The van der Waals surface area contributed by atoms with Gasteiger partial charge in [-0.25, -0.2) is 4.39 Å². The Labute approximate surface area is 128 Å². The Hall–Kier alpha value is -0.490. The fourth-order valence-electron chi connectivity index (χ4n) is 2.35. The van der Waals surface area contributed by atoms with Crippen LogP contribution in [0.2, 0.25) is 0 Å². The summed E-state index contributed by atoms with van der Waals surface area (Å²) in [6, 6.07) is 6.00. The predicted octanol–water partition coefficient (Wildman–Crippen LogP) is 2.79. The standard InChI is InChI=1S/C15H22BrFN2O/c1-11(2)18-8-13-10-20-7-6-19(13)9-12-4-3-5-14(17)15(12)16/h3-5,11,13,18H,6-10H2,1-2H3. The summed E-state index contributed by atoms with van der Waals surface area (Å²) in [6.45, 7) is 8.26. The molecule has 1 aromatic carbocycles. The number of morpholine rings is 1. The Morgan fingerprint density at radius 3 is 3.05 bits per heavy atom. The minimum Gasteiger partial charge on any atom is -0.378 e. The van der Waals surface area contributed by atoms with Crippen LogP contribution in [0.4, 0.5) is 4.39 Å². The van der Waals surface area contributed by atoms with E-state index in [1.54, 1.807) is 6.07 Å². The van der Waals surface area contributed by atoms with Crippen LogP contribution >= 0.6 is 15.9 Å². The first-order valence-corrected chi connectivity index (χ1v) is 7.85. The lowest BCUT2D eigenvalue weighted by Gasteiger charge is -2.36. The van der Waals surface area contributed by atoms with Crippen molar-refractivity contribution in [3.63, 3.8) is 0 Å². The molecule has 0 aliphatic carbocycles. The van der Waals surface area contributed by atoms with E-state index in [-0.39, 0.29) is 5.82 Å². The molecular formula is C15H22BrFN2O. The van der Waals surface area contributed by atoms with Gasteiger partial charge in [0.15, 0.2) is 0 Å². The van der Waals surface area contributed by atoms with Gasteiger partial charge in [-0.3, -0.25) is 4.90 Å². The van der Waals surface area contributed by atoms with Gasteiger partial charge >= 0.3 is 0 Å². The summed E-state index contributed by atoms with van der Waals surface area (Å²) < 4.78 is 19.7. The number of hydrogen-bond donors (Lipinski definition) is 1. The molecule has 1 fully saturated rings. The van der Waals surface area contributed by atoms with Gasteiger partial charge in [0, 0.05) is 31.7 Å². The number of nitrogens with zero attached hydrogens (tertiary/aromatic N) is 1. The fourth-order valence-corrected chi connectivity index (χ4v) is 2.74. The SMILES string of the molecule is CC(C)NCC1COCCN1Cc1cccc(F)c1Br. The van der Waals surface area contributed by atoms with E-state index in [1.165, 1.54) is 6.07 Å². The molecular weight excluding hydrogens is 323 g/mol. The zero-order valence-electron chi connectivity index (χ0n) is 12.0. The molecule has 0 bridgehead atoms. The van der Waals surface area contributed by atoms with Crippen LogP contribution in [0, 0.1) is 5.82 Å². The summed E-state index contributed by atoms with van der Waals surface area (Å²) in [7, 11) is 0. The molecule has 1 saturated heterocycles. The fraction of sp³-hybridized carbons (Fsp3) is 0.600. The van der Waals surface area contributed by atoms with E-state index in [9.17, 15) is 4.39 Å². The van der Waals surface area contributed by atoms with Crippen LogP contribution in [0.25, 0.3) is 0 Å². The lowest BCUT2D eigenvalue weighted by atomic mass is 10.1. The Morgan fingerprint density at radius 2 is 2.30 bits per heavy atom. The number of benzene rings is 1. The zero-order chi connectivity index (χ0) is 14.5. The lowest BCUT2D eigenvalue weighted by molar-refractivity contribution is -0.0116. The molecule has 1 unspecified atom stereocenters. The molecule has 1 atom stereocenters. The van der Waals surface area contributed by atoms with Crippen LogP contribution in [0.1, 0.15) is 19.4 Å². The van der Waals surface area contributed by atoms with Crippen molar-refractivity contribution in [3.05, 3.63) is 34.1 Å². The van der Waals surface area contributed by atoms with Crippen molar-refractivity contribution in [2.75, 3.05) is 26.3 Å². The molecule has 0 radical (unpaired) electrons. The first kappa shape index (κ1) is 15.9. The molecule has 1 aliphatic rings. The van der Waals surface area contributed by atoms with Crippen molar-refractivity contribution in [3.8, 4) is 0 Å². The quantitative estimate of drug-likeness (QED) is 0.888. The second kappa shape index (κ2) is 7.50. The highest BCUT2D eigenvalue weighted by molar-refractivity contribution is 9.10. The molecule has 112 valence electrons. The van der Waals surface area contributed by atoms with Gasteiger partial charge in [-0.1, -0.05) is 26.0 Å². The van der Waals surface area contributed by atoms with Gasteiger partial charge in [-0.15, -0.1) is 0 Å². The maximum atomic E-state index is 13.6. The smallest absolute Gasteiger partial charge is 0.137 e. The third kappa shape index (κ3) is 4.25. The third-order valence-electron chi connectivity index (χ3n) is 3.52. The third-order valence-corrected chi connectivity index (χ3v) is 4.40. The molecule has 1 aliphatic heterocycles. The molecule has 0 spiro atoms. The highest BCUT2D eigenvalue weighted by Crippen LogP contribution is 2.23. The Morgan fingerprint density at radius 1 is 1.50 bits per heavy atom. The van der Waals surface area contributed by atoms with E-state index in [1.807, 2.05) is 6.07 Å². The van der Waals surface area contributed by atoms with E-state index in [2.05, 4.69) is 40.0 Å². The molecule has 1 heterocycles. The molecule has 2 rings (SSSR count).